The van der Waals surface area contributed by atoms with Gasteiger partial charge in [0.15, 0.2) is 5.65 Å². The molecule has 5 rings (SSSR count). The number of fused-ring (bicyclic) bond motifs is 2. The maximum Gasteiger partial charge on any atom is 0.224 e. The lowest BCUT2D eigenvalue weighted by atomic mass is 10.1. The van der Waals surface area contributed by atoms with Crippen molar-refractivity contribution in [3.8, 4) is 5.69 Å². The Kier molecular flexibility index (Phi) is 6.92. The fourth-order valence-corrected chi connectivity index (χ4v) is 4.90. The number of pyridine rings is 1. The summed E-state index contributed by atoms with van der Waals surface area (Å²) in [6.07, 6.45) is 6.20. The van der Waals surface area contributed by atoms with Crippen LogP contribution in [0.5, 0.6) is 0 Å². The maximum absolute atomic E-state index is 12.5. The Morgan fingerprint density at radius 2 is 2.14 bits per heavy atom. The fraction of sp³-hybridized carbons (Fsp3) is 0.400. The maximum atomic E-state index is 12.5. The van der Waals surface area contributed by atoms with E-state index in [2.05, 4.69) is 41.6 Å². The predicted octanol–water partition coefficient (Wildman–Crippen LogP) is 4.25. The van der Waals surface area contributed by atoms with Crippen LogP contribution in [0, 0.1) is 5.92 Å². The third-order valence-corrected chi connectivity index (χ3v) is 6.79. The Hall–Kier alpha value is -3.11. The van der Waals surface area contributed by atoms with Gasteiger partial charge in [-0.3, -0.25) is 9.78 Å². The van der Waals surface area contributed by atoms with Crippen molar-refractivity contribution in [3.63, 3.8) is 0 Å². The molecule has 3 heterocycles. The molecule has 4 aromatic rings. The van der Waals surface area contributed by atoms with Gasteiger partial charge in [0, 0.05) is 36.3 Å². The van der Waals surface area contributed by atoms with Crippen molar-refractivity contribution in [2.45, 2.75) is 45.3 Å². The molecule has 0 unspecified atom stereocenters. The van der Waals surface area contributed by atoms with Crippen molar-refractivity contribution in [2.75, 3.05) is 18.5 Å². The van der Waals surface area contributed by atoms with E-state index in [0.717, 1.165) is 41.2 Å². The lowest BCUT2D eigenvalue weighted by Gasteiger charge is -2.14. The Labute approximate surface area is 211 Å². The van der Waals surface area contributed by atoms with Gasteiger partial charge in [-0.25, -0.2) is 9.67 Å². The predicted molar refractivity (Wildman–Crippen MR) is 139 cm³/mol. The monoisotopic (exact) mass is 537 g/mol. The van der Waals surface area contributed by atoms with E-state index in [1.54, 1.807) is 12.4 Å². The molecule has 0 saturated heterocycles. The molecule has 1 aromatic carbocycles. The van der Waals surface area contributed by atoms with Gasteiger partial charge in [0.05, 0.1) is 29.3 Å². The Morgan fingerprint density at radius 1 is 1.26 bits per heavy atom. The first-order valence-electron chi connectivity index (χ1n) is 11.9. The van der Waals surface area contributed by atoms with E-state index in [4.69, 9.17) is 9.72 Å². The van der Waals surface area contributed by atoms with Crippen molar-refractivity contribution < 1.29 is 9.53 Å². The normalized spacial score (nSPS) is 17.9. The molecule has 0 bridgehead atoms. The zero-order chi connectivity index (χ0) is 24.4. The second kappa shape index (κ2) is 10.2. The highest BCUT2D eigenvalue weighted by molar-refractivity contribution is 9.10. The summed E-state index contributed by atoms with van der Waals surface area (Å²) >= 11 is 3.54. The number of carbonyl (C=O) groups is 1. The van der Waals surface area contributed by atoms with Crippen LogP contribution >= 0.6 is 15.9 Å². The van der Waals surface area contributed by atoms with E-state index in [-0.39, 0.29) is 24.0 Å². The first-order chi connectivity index (χ1) is 17.0. The molecule has 1 aliphatic carbocycles. The second-order valence-corrected chi connectivity index (χ2v) is 9.83. The van der Waals surface area contributed by atoms with Crippen molar-refractivity contribution in [1.29, 1.82) is 0 Å². The molecule has 9 nitrogen and oxygen atoms in total. The van der Waals surface area contributed by atoms with Crippen LogP contribution in [0.3, 0.4) is 0 Å². The first-order valence-corrected chi connectivity index (χ1v) is 12.7. The van der Waals surface area contributed by atoms with Gasteiger partial charge in [0.25, 0.3) is 0 Å². The van der Waals surface area contributed by atoms with E-state index in [1.807, 2.05) is 48.9 Å². The summed E-state index contributed by atoms with van der Waals surface area (Å²) < 4.78 is 7.99. The number of nitrogens with zero attached hydrogens (tertiary/aromatic N) is 5. The lowest BCUT2D eigenvalue weighted by molar-refractivity contribution is -0.125. The van der Waals surface area contributed by atoms with Crippen LogP contribution < -0.4 is 10.6 Å². The Morgan fingerprint density at radius 3 is 3.00 bits per heavy atom. The number of hydrogen-bond acceptors (Lipinski definition) is 7. The van der Waals surface area contributed by atoms with Crippen LogP contribution in [0.15, 0.2) is 47.3 Å². The number of carbonyl (C=O) groups excluding carboxylic acids is 1. The van der Waals surface area contributed by atoms with Gasteiger partial charge >= 0.3 is 0 Å². The van der Waals surface area contributed by atoms with Gasteiger partial charge in [-0.2, -0.15) is 10.1 Å². The van der Waals surface area contributed by atoms with Crippen molar-refractivity contribution >= 4 is 49.7 Å². The molecular formula is C25H28BrN7O2. The highest BCUT2D eigenvalue weighted by atomic mass is 79.9. The Bertz CT molecular complexity index is 1360. The van der Waals surface area contributed by atoms with E-state index < -0.39 is 0 Å². The molecule has 2 atom stereocenters. The summed E-state index contributed by atoms with van der Waals surface area (Å²) in [4.78, 5) is 26.2. The highest BCUT2D eigenvalue weighted by Crippen LogP contribution is 2.29. The molecule has 1 aliphatic rings. The standard InChI is InChI=1S/C25H28BrN7O2/c1-15(2)35-11-10-28-24(34)17-5-6-18(12-17)30-25-29-14-20-22(26)32-33(23(20)31-25)19-7-8-21-16(13-19)4-3-9-27-21/h3-4,7-9,13-15,17-18H,5-6,10-12H2,1-2H3,(H,28,34)(H,29,30,31)/t17-,18-/m1/s1. The van der Waals surface area contributed by atoms with Gasteiger partial charge in [0.1, 0.15) is 4.60 Å². The SMILES string of the molecule is CC(C)OCCNC(=O)[C@@H]1CC[C@@H](Nc2ncc3c(Br)nn(-c4ccc5ncccc5c4)c3n2)C1. The van der Waals surface area contributed by atoms with Crippen LogP contribution in [0.4, 0.5) is 5.95 Å². The molecule has 0 radical (unpaired) electrons. The summed E-state index contributed by atoms with van der Waals surface area (Å²) in [5, 5.41) is 12.9. The number of ether oxygens (including phenoxy) is 1. The summed E-state index contributed by atoms with van der Waals surface area (Å²) in [7, 11) is 0. The minimum absolute atomic E-state index is 0.0128. The zero-order valence-corrected chi connectivity index (χ0v) is 21.3. The highest BCUT2D eigenvalue weighted by Gasteiger charge is 2.30. The van der Waals surface area contributed by atoms with Gasteiger partial charge in [0.2, 0.25) is 11.9 Å². The van der Waals surface area contributed by atoms with E-state index in [9.17, 15) is 4.79 Å². The summed E-state index contributed by atoms with van der Waals surface area (Å²) in [5.74, 6) is 0.608. The number of anilines is 1. The molecule has 35 heavy (non-hydrogen) atoms. The first kappa shape index (κ1) is 23.6. The second-order valence-electron chi connectivity index (χ2n) is 9.08. The molecule has 182 valence electrons. The van der Waals surface area contributed by atoms with Crippen LogP contribution in [0.2, 0.25) is 0 Å². The minimum atomic E-state index is -0.0128. The smallest absolute Gasteiger partial charge is 0.224 e. The molecule has 2 N–H and O–H groups in total. The average Bonchev–Trinajstić information content (AvgIpc) is 3.45. The Balaban J connectivity index is 1.29. The number of halogens is 1. The zero-order valence-electron chi connectivity index (χ0n) is 19.7. The van der Waals surface area contributed by atoms with E-state index >= 15 is 0 Å². The van der Waals surface area contributed by atoms with E-state index in [1.165, 1.54) is 0 Å². The van der Waals surface area contributed by atoms with Crippen LogP contribution in [0.1, 0.15) is 33.1 Å². The quantitative estimate of drug-likeness (QED) is 0.323. The topological polar surface area (TPSA) is 107 Å². The van der Waals surface area contributed by atoms with Crippen molar-refractivity contribution in [3.05, 3.63) is 47.3 Å². The number of hydrogen-bond donors (Lipinski definition) is 2. The van der Waals surface area contributed by atoms with Crippen LogP contribution in [-0.2, 0) is 9.53 Å². The van der Waals surface area contributed by atoms with Gasteiger partial charge in [-0.1, -0.05) is 6.07 Å². The molecule has 0 aliphatic heterocycles. The lowest BCUT2D eigenvalue weighted by Crippen LogP contribution is -2.33. The van der Waals surface area contributed by atoms with Crippen LogP contribution in [-0.4, -0.2) is 55.9 Å². The molecule has 10 heteroatoms. The summed E-state index contributed by atoms with van der Waals surface area (Å²) in [6, 6.07) is 10.1. The van der Waals surface area contributed by atoms with Crippen molar-refractivity contribution in [1.82, 2.24) is 30.0 Å². The van der Waals surface area contributed by atoms with Crippen LogP contribution in [0.25, 0.3) is 27.6 Å². The minimum Gasteiger partial charge on any atom is -0.377 e. The van der Waals surface area contributed by atoms with Crippen molar-refractivity contribution in [2.24, 2.45) is 5.92 Å². The third kappa shape index (κ3) is 5.28. The van der Waals surface area contributed by atoms with Gasteiger partial charge in [-0.05, 0) is 73.3 Å². The summed E-state index contributed by atoms with van der Waals surface area (Å²) in [5.41, 5.74) is 2.52. The largest absolute Gasteiger partial charge is 0.377 e. The van der Waals surface area contributed by atoms with E-state index in [0.29, 0.717) is 29.4 Å². The number of benzene rings is 1. The number of nitrogens with one attached hydrogen (secondary N) is 2. The summed E-state index contributed by atoms with van der Waals surface area (Å²) in [6.45, 7) is 5.04. The molecule has 3 aromatic heterocycles. The molecule has 1 fully saturated rings. The van der Waals surface area contributed by atoms with Gasteiger partial charge in [-0.15, -0.1) is 0 Å². The number of rotatable bonds is 8. The van der Waals surface area contributed by atoms with Gasteiger partial charge < -0.3 is 15.4 Å². The molecule has 0 spiro atoms. The fourth-order valence-electron chi connectivity index (χ4n) is 4.46. The molecule has 1 saturated carbocycles. The molecular weight excluding hydrogens is 510 g/mol. The number of aromatic nitrogens is 5. The third-order valence-electron chi connectivity index (χ3n) is 6.20. The molecule has 1 amide bonds. The average molecular weight is 538 g/mol. The number of amides is 1.